The van der Waals surface area contributed by atoms with E-state index in [0.29, 0.717) is 23.0 Å². The lowest BCUT2D eigenvalue weighted by molar-refractivity contribution is 0.304. The number of rotatable bonds is 4. The fourth-order valence-corrected chi connectivity index (χ4v) is 2.82. The molecule has 0 saturated heterocycles. The number of halogens is 1. The van der Waals surface area contributed by atoms with Crippen molar-refractivity contribution in [1.82, 2.24) is 0 Å². The minimum atomic E-state index is -0.333. The molecule has 0 fully saturated rings. The third-order valence-corrected chi connectivity index (χ3v) is 4.29. The highest BCUT2D eigenvalue weighted by Crippen LogP contribution is 2.29. The first-order chi connectivity index (χ1) is 11.1. The molecular formula is C19H17ClO3. The second-order valence-corrected chi connectivity index (χ2v) is 5.80. The van der Waals surface area contributed by atoms with Crippen molar-refractivity contribution in [3.05, 3.63) is 74.6 Å². The lowest BCUT2D eigenvalue weighted by atomic mass is 10.0. The van der Waals surface area contributed by atoms with Crippen LogP contribution in [0.3, 0.4) is 0 Å². The van der Waals surface area contributed by atoms with E-state index >= 15 is 0 Å². The number of hydrogen-bond acceptors (Lipinski definition) is 3. The topological polar surface area (TPSA) is 39.4 Å². The molecule has 118 valence electrons. The van der Waals surface area contributed by atoms with E-state index in [0.717, 1.165) is 28.5 Å². The highest BCUT2D eigenvalue weighted by molar-refractivity contribution is 6.31. The monoisotopic (exact) mass is 328 g/mol. The van der Waals surface area contributed by atoms with Crippen molar-refractivity contribution in [2.24, 2.45) is 0 Å². The molecule has 0 aliphatic heterocycles. The molecule has 0 amide bonds. The quantitative estimate of drug-likeness (QED) is 0.640. The minimum Gasteiger partial charge on any atom is -0.488 e. The van der Waals surface area contributed by atoms with Crippen LogP contribution in [0.2, 0.25) is 5.02 Å². The van der Waals surface area contributed by atoms with Crippen LogP contribution in [0.4, 0.5) is 0 Å². The van der Waals surface area contributed by atoms with Gasteiger partial charge in [0.25, 0.3) is 0 Å². The van der Waals surface area contributed by atoms with Crippen LogP contribution in [0.25, 0.3) is 11.0 Å². The number of ether oxygens (including phenoxy) is 1. The summed E-state index contributed by atoms with van der Waals surface area (Å²) in [4.78, 5) is 11.7. The molecule has 1 aromatic heterocycles. The van der Waals surface area contributed by atoms with Gasteiger partial charge in [0, 0.05) is 27.6 Å². The number of benzene rings is 2. The molecule has 0 atom stereocenters. The summed E-state index contributed by atoms with van der Waals surface area (Å²) >= 11 is 6.15. The SMILES string of the molecule is CCc1cc(=O)oc2c(C)c(OCc3ccccc3Cl)ccc12. The van der Waals surface area contributed by atoms with Crippen LogP contribution in [0.15, 0.2) is 51.7 Å². The van der Waals surface area contributed by atoms with Gasteiger partial charge in [-0.3, -0.25) is 0 Å². The fraction of sp³-hybridized carbons (Fsp3) is 0.211. The Morgan fingerprint density at radius 2 is 1.91 bits per heavy atom. The first-order valence-electron chi connectivity index (χ1n) is 7.52. The van der Waals surface area contributed by atoms with Crippen LogP contribution in [-0.2, 0) is 13.0 Å². The largest absolute Gasteiger partial charge is 0.488 e. The Bertz CT molecular complexity index is 912. The molecule has 1 heterocycles. The lowest BCUT2D eigenvalue weighted by Crippen LogP contribution is -2.03. The molecular weight excluding hydrogens is 312 g/mol. The molecule has 23 heavy (non-hydrogen) atoms. The third-order valence-electron chi connectivity index (χ3n) is 3.92. The second-order valence-electron chi connectivity index (χ2n) is 5.39. The predicted molar refractivity (Wildman–Crippen MR) is 92.4 cm³/mol. The third kappa shape index (κ3) is 3.10. The van der Waals surface area contributed by atoms with Crippen LogP contribution in [-0.4, -0.2) is 0 Å². The molecule has 0 radical (unpaired) electrons. The van der Waals surface area contributed by atoms with Gasteiger partial charge in [0.1, 0.15) is 17.9 Å². The maximum absolute atomic E-state index is 11.7. The molecule has 3 aromatic rings. The zero-order valence-corrected chi connectivity index (χ0v) is 13.8. The van der Waals surface area contributed by atoms with Crippen molar-refractivity contribution >= 4 is 22.6 Å². The van der Waals surface area contributed by atoms with E-state index in [1.807, 2.05) is 50.2 Å². The second kappa shape index (κ2) is 6.47. The predicted octanol–water partition coefficient (Wildman–Crippen LogP) is 4.90. The molecule has 0 aliphatic carbocycles. The summed E-state index contributed by atoms with van der Waals surface area (Å²) < 4.78 is 11.3. The zero-order valence-electron chi connectivity index (χ0n) is 13.1. The molecule has 0 spiro atoms. The van der Waals surface area contributed by atoms with Crippen molar-refractivity contribution in [3.8, 4) is 5.75 Å². The van der Waals surface area contributed by atoms with Gasteiger partial charge >= 0.3 is 5.63 Å². The van der Waals surface area contributed by atoms with E-state index in [-0.39, 0.29) is 5.63 Å². The molecule has 0 bridgehead atoms. The smallest absolute Gasteiger partial charge is 0.336 e. The van der Waals surface area contributed by atoms with Crippen LogP contribution >= 0.6 is 11.6 Å². The number of fused-ring (bicyclic) bond motifs is 1. The summed E-state index contributed by atoms with van der Waals surface area (Å²) in [5.41, 5.74) is 2.98. The van der Waals surface area contributed by atoms with E-state index in [1.54, 1.807) is 6.07 Å². The molecule has 3 rings (SSSR count). The van der Waals surface area contributed by atoms with Gasteiger partial charge in [0.05, 0.1) is 0 Å². The molecule has 2 aromatic carbocycles. The first-order valence-corrected chi connectivity index (χ1v) is 7.90. The summed E-state index contributed by atoms with van der Waals surface area (Å²) in [6.07, 6.45) is 0.779. The first kappa shape index (κ1) is 15.6. The molecule has 0 N–H and O–H groups in total. The fourth-order valence-electron chi connectivity index (χ4n) is 2.63. The van der Waals surface area contributed by atoms with Crippen molar-refractivity contribution in [2.75, 3.05) is 0 Å². The van der Waals surface area contributed by atoms with Gasteiger partial charge in [-0.15, -0.1) is 0 Å². The highest BCUT2D eigenvalue weighted by Gasteiger charge is 2.11. The Balaban J connectivity index is 1.98. The zero-order chi connectivity index (χ0) is 16.4. The Labute approximate surface area is 139 Å². The summed E-state index contributed by atoms with van der Waals surface area (Å²) in [5, 5.41) is 1.63. The highest BCUT2D eigenvalue weighted by atomic mass is 35.5. The van der Waals surface area contributed by atoms with Gasteiger partial charge in [-0.05, 0) is 37.1 Å². The molecule has 4 heteroatoms. The molecule has 0 unspecified atom stereocenters. The van der Waals surface area contributed by atoms with E-state index in [2.05, 4.69) is 0 Å². The molecule has 0 saturated carbocycles. The van der Waals surface area contributed by atoms with Gasteiger partial charge in [0.15, 0.2) is 0 Å². The van der Waals surface area contributed by atoms with Gasteiger partial charge in [-0.1, -0.05) is 36.7 Å². The molecule has 0 aliphatic rings. The normalized spacial score (nSPS) is 10.9. The summed E-state index contributed by atoms with van der Waals surface area (Å²) in [7, 11) is 0. The lowest BCUT2D eigenvalue weighted by Gasteiger charge is -2.12. The summed E-state index contributed by atoms with van der Waals surface area (Å²) in [5.74, 6) is 0.689. The maximum atomic E-state index is 11.7. The maximum Gasteiger partial charge on any atom is 0.336 e. The molecule has 3 nitrogen and oxygen atoms in total. The van der Waals surface area contributed by atoms with E-state index in [4.69, 9.17) is 20.8 Å². The van der Waals surface area contributed by atoms with Gasteiger partial charge in [-0.2, -0.15) is 0 Å². The summed E-state index contributed by atoms with van der Waals surface area (Å²) in [6.45, 7) is 4.28. The number of aryl methyl sites for hydroxylation is 2. The van der Waals surface area contributed by atoms with E-state index in [1.165, 1.54) is 0 Å². The Hall–Kier alpha value is -2.26. The summed E-state index contributed by atoms with van der Waals surface area (Å²) in [6, 6.07) is 13.0. The Kier molecular flexibility index (Phi) is 4.39. The van der Waals surface area contributed by atoms with E-state index in [9.17, 15) is 4.79 Å². The number of hydrogen-bond donors (Lipinski definition) is 0. The Morgan fingerprint density at radius 1 is 1.13 bits per heavy atom. The van der Waals surface area contributed by atoms with Gasteiger partial charge in [-0.25, -0.2) is 4.79 Å². The minimum absolute atomic E-state index is 0.333. The van der Waals surface area contributed by atoms with Crippen LogP contribution in [0.1, 0.15) is 23.6 Å². The van der Waals surface area contributed by atoms with Crippen LogP contribution < -0.4 is 10.4 Å². The van der Waals surface area contributed by atoms with Crippen molar-refractivity contribution in [2.45, 2.75) is 26.9 Å². The van der Waals surface area contributed by atoms with Crippen LogP contribution in [0, 0.1) is 6.92 Å². The van der Waals surface area contributed by atoms with Crippen molar-refractivity contribution in [1.29, 1.82) is 0 Å². The van der Waals surface area contributed by atoms with Gasteiger partial charge in [0.2, 0.25) is 0 Å². The Morgan fingerprint density at radius 3 is 2.65 bits per heavy atom. The van der Waals surface area contributed by atoms with Crippen molar-refractivity contribution in [3.63, 3.8) is 0 Å². The van der Waals surface area contributed by atoms with Crippen molar-refractivity contribution < 1.29 is 9.15 Å². The van der Waals surface area contributed by atoms with Crippen LogP contribution in [0.5, 0.6) is 5.75 Å². The van der Waals surface area contributed by atoms with E-state index < -0.39 is 0 Å². The van der Waals surface area contributed by atoms with Gasteiger partial charge < -0.3 is 9.15 Å². The average molecular weight is 329 g/mol. The standard InChI is InChI=1S/C19H17ClO3/c1-3-13-10-18(21)23-19-12(2)17(9-8-15(13)19)22-11-14-6-4-5-7-16(14)20/h4-10H,3,11H2,1-2H3. The average Bonchev–Trinajstić information content (AvgIpc) is 2.55.